The summed E-state index contributed by atoms with van der Waals surface area (Å²) >= 11 is 0. The normalized spacial score (nSPS) is 40.9. The molecule has 0 aromatic carbocycles. The second-order valence-corrected chi connectivity index (χ2v) is 4.50. The molecule has 0 aromatic heterocycles. The van der Waals surface area contributed by atoms with E-state index in [0.29, 0.717) is 0 Å². The van der Waals surface area contributed by atoms with Crippen molar-refractivity contribution in [3.8, 4) is 0 Å². The van der Waals surface area contributed by atoms with E-state index in [1.165, 1.54) is 0 Å². The molecule has 0 amide bonds. The van der Waals surface area contributed by atoms with Gasteiger partial charge in [0.2, 0.25) is 0 Å². The average Bonchev–Trinajstić information content (AvgIpc) is 1.93. The SMILES string of the molecule is C[C@@H]1OC(C)(C)C(C)(C)[C@H]1O. The van der Waals surface area contributed by atoms with Gasteiger partial charge in [0, 0.05) is 5.41 Å². The van der Waals surface area contributed by atoms with E-state index in [1.54, 1.807) is 0 Å². The van der Waals surface area contributed by atoms with Crippen LogP contribution in [-0.4, -0.2) is 22.9 Å². The molecule has 0 unspecified atom stereocenters. The Balaban J connectivity index is 2.92. The Kier molecular flexibility index (Phi) is 1.81. The van der Waals surface area contributed by atoms with Crippen LogP contribution in [0.3, 0.4) is 0 Å². The monoisotopic (exact) mass is 158 g/mol. The lowest BCUT2D eigenvalue weighted by Gasteiger charge is -2.34. The molecule has 1 rings (SSSR count). The molecule has 66 valence electrons. The van der Waals surface area contributed by atoms with E-state index in [0.717, 1.165) is 0 Å². The van der Waals surface area contributed by atoms with Gasteiger partial charge in [-0.3, -0.25) is 0 Å². The van der Waals surface area contributed by atoms with Crippen LogP contribution in [-0.2, 0) is 4.74 Å². The molecule has 0 radical (unpaired) electrons. The molecule has 1 saturated heterocycles. The van der Waals surface area contributed by atoms with Crippen LogP contribution in [0.15, 0.2) is 0 Å². The van der Waals surface area contributed by atoms with Crippen LogP contribution in [0.1, 0.15) is 34.6 Å². The average molecular weight is 158 g/mol. The van der Waals surface area contributed by atoms with Crippen molar-refractivity contribution in [3.05, 3.63) is 0 Å². The van der Waals surface area contributed by atoms with Gasteiger partial charge in [0.1, 0.15) is 0 Å². The number of hydrogen-bond acceptors (Lipinski definition) is 2. The highest BCUT2D eigenvalue weighted by atomic mass is 16.5. The highest BCUT2D eigenvalue weighted by Crippen LogP contribution is 2.45. The fraction of sp³-hybridized carbons (Fsp3) is 1.00. The predicted octanol–water partition coefficient (Wildman–Crippen LogP) is 1.57. The van der Waals surface area contributed by atoms with Gasteiger partial charge in [-0.1, -0.05) is 13.8 Å². The van der Waals surface area contributed by atoms with Crippen molar-refractivity contribution in [1.29, 1.82) is 0 Å². The van der Waals surface area contributed by atoms with E-state index in [9.17, 15) is 5.11 Å². The smallest absolute Gasteiger partial charge is 0.0877 e. The first kappa shape index (κ1) is 9.01. The van der Waals surface area contributed by atoms with Gasteiger partial charge in [-0.15, -0.1) is 0 Å². The molecule has 0 spiro atoms. The van der Waals surface area contributed by atoms with Crippen LogP contribution in [0.2, 0.25) is 0 Å². The molecule has 0 bridgehead atoms. The fourth-order valence-corrected chi connectivity index (χ4v) is 1.62. The molecule has 1 fully saturated rings. The third-order valence-corrected chi connectivity index (χ3v) is 3.22. The van der Waals surface area contributed by atoms with Gasteiger partial charge in [-0.25, -0.2) is 0 Å². The van der Waals surface area contributed by atoms with Gasteiger partial charge in [-0.05, 0) is 20.8 Å². The number of rotatable bonds is 0. The zero-order valence-corrected chi connectivity index (χ0v) is 8.01. The Hall–Kier alpha value is -0.0800. The van der Waals surface area contributed by atoms with E-state index >= 15 is 0 Å². The Morgan fingerprint density at radius 3 is 1.73 bits per heavy atom. The number of aliphatic hydroxyl groups excluding tert-OH is 1. The molecule has 1 aliphatic rings. The van der Waals surface area contributed by atoms with Crippen LogP contribution in [0.5, 0.6) is 0 Å². The lowest BCUT2D eigenvalue weighted by atomic mass is 9.74. The molecule has 0 aliphatic carbocycles. The summed E-state index contributed by atoms with van der Waals surface area (Å²) in [5.74, 6) is 0. The van der Waals surface area contributed by atoms with E-state index < -0.39 is 0 Å². The van der Waals surface area contributed by atoms with Crippen LogP contribution in [0.4, 0.5) is 0 Å². The molecule has 1 N–H and O–H groups in total. The fourth-order valence-electron chi connectivity index (χ4n) is 1.62. The zero-order chi connectivity index (χ0) is 8.86. The topological polar surface area (TPSA) is 29.5 Å². The van der Waals surface area contributed by atoms with Crippen molar-refractivity contribution in [2.45, 2.75) is 52.4 Å². The van der Waals surface area contributed by atoms with Crippen LogP contribution in [0.25, 0.3) is 0 Å². The molecule has 1 aliphatic heterocycles. The van der Waals surface area contributed by atoms with Crippen LogP contribution >= 0.6 is 0 Å². The standard InChI is InChI=1S/C9H18O2/c1-6-7(10)8(2,3)9(4,5)11-6/h6-7,10H,1-5H3/t6-,7-/m0/s1. The molecule has 2 atom stereocenters. The van der Waals surface area contributed by atoms with Crippen molar-refractivity contribution < 1.29 is 9.84 Å². The number of aliphatic hydroxyl groups is 1. The first-order chi connectivity index (χ1) is 4.79. The van der Waals surface area contributed by atoms with Gasteiger partial charge in [0.05, 0.1) is 17.8 Å². The van der Waals surface area contributed by atoms with Gasteiger partial charge in [0.25, 0.3) is 0 Å². The minimum Gasteiger partial charge on any atom is -0.390 e. The minimum atomic E-state index is -0.350. The highest BCUT2D eigenvalue weighted by molar-refractivity contribution is 5.01. The summed E-state index contributed by atoms with van der Waals surface area (Å²) < 4.78 is 5.63. The summed E-state index contributed by atoms with van der Waals surface area (Å²) in [4.78, 5) is 0. The summed E-state index contributed by atoms with van der Waals surface area (Å²) in [6.07, 6.45) is -0.391. The van der Waals surface area contributed by atoms with Gasteiger partial charge < -0.3 is 9.84 Å². The Labute approximate surface area is 68.6 Å². The summed E-state index contributed by atoms with van der Waals surface area (Å²) in [6.45, 7) is 10.1. The first-order valence-corrected chi connectivity index (χ1v) is 4.15. The van der Waals surface area contributed by atoms with Crippen LogP contribution < -0.4 is 0 Å². The molecule has 0 saturated carbocycles. The van der Waals surface area contributed by atoms with Crippen molar-refractivity contribution in [2.75, 3.05) is 0 Å². The Bertz CT molecular complexity index is 161. The molecule has 1 heterocycles. The van der Waals surface area contributed by atoms with E-state index in [4.69, 9.17) is 4.74 Å². The minimum absolute atomic E-state index is 0.0417. The van der Waals surface area contributed by atoms with E-state index in [2.05, 4.69) is 0 Å². The first-order valence-electron chi connectivity index (χ1n) is 4.15. The quantitative estimate of drug-likeness (QED) is 0.580. The third-order valence-electron chi connectivity index (χ3n) is 3.22. The zero-order valence-electron chi connectivity index (χ0n) is 8.01. The highest BCUT2D eigenvalue weighted by Gasteiger charge is 2.53. The summed E-state index contributed by atoms with van der Waals surface area (Å²) in [5.41, 5.74) is -0.363. The maximum atomic E-state index is 9.74. The molecule has 0 aromatic rings. The third kappa shape index (κ3) is 1.09. The van der Waals surface area contributed by atoms with Crippen LogP contribution in [0, 0.1) is 5.41 Å². The predicted molar refractivity (Wildman–Crippen MR) is 44.4 cm³/mol. The molecule has 2 nitrogen and oxygen atoms in total. The van der Waals surface area contributed by atoms with Crippen molar-refractivity contribution in [2.24, 2.45) is 5.41 Å². The Morgan fingerprint density at radius 2 is 1.64 bits per heavy atom. The lowest BCUT2D eigenvalue weighted by Crippen LogP contribution is -2.41. The molecule has 11 heavy (non-hydrogen) atoms. The summed E-state index contributed by atoms with van der Waals surface area (Å²) in [6, 6.07) is 0. The van der Waals surface area contributed by atoms with Gasteiger partial charge in [0.15, 0.2) is 0 Å². The maximum Gasteiger partial charge on any atom is 0.0877 e. The van der Waals surface area contributed by atoms with Crippen molar-refractivity contribution >= 4 is 0 Å². The van der Waals surface area contributed by atoms with E-state index in [-0.39, 0.29) is 23.2 Å². The molecule has 2 heteroatoms. The largest absolute Gasteiger partial charge is 0.390 e. The molecular weight excluding hydrogens is 140 g/mol. The second kappa shape index (κ2) is 2.20. The Morgan fingerprint density at radius 1 is 1.18 bits per heavy atom. The van der Waals surface area contributed by atoms with Crippen molar-refractivity contribution in [1.82, 2.24) is 0 Å². The van der Waals surface area contributed by atoms with Crippen molar-refractivity contribution in [3.63, 3.8) is 0 Å². The van der Waals surface area contributed by atoms with Gasteiger partial charge in [-0.2, -0.15) is 0 Å². The summed E-state index contributed by atoms with van der Waals surface area (Å²) in [5, 5.41) is 9.74. The van der Waals surface area contributed by atoms with Gasteiger partial charge >= 0.3 is 0 Å². The number of hydrogen-bond donors (Lipinski definition) is 1. The molecular formula is C9H18O2. The number of ether oxygens (including phenoxy) is 1. The second-order valence-electron chi connectivity index (χ2n) is 4.50. The van der Waals surface area contributed by atoms with E-state index in [1.807, 2.05) is 34.6 Å². The maximum absolute atomic E-state index is 9.74. The lowest BCUT2D eigenvalue weighted by molar-refractivity contribution is -0.0456. The summed E-state index contributed by atoms with van der Waals surface area (Å²) in [7, 11) is 0.